The SMILES string of the molecule is CCC[C@H](c1nnnn1C1CCCC1)N(Cc1ccco1)Cc1cc2cccc(C)c2[nH]c1=O. The Morgan fingerprint density at radius 2 is 2.06 bits per heavy atom. The summed E-state index contributed by atoms with van der Waals surface area (Å²) in [5.41, 5.74) is 2.62. The molecule has 0 unspecified atom stereocenters. The molecule has 5 rings (SSSR count). The lowest BCUT2D eigenvalue weighted by Gasteiger charge is -2.31. The minimum absolute atomic E-state index is 0.0293. The molecule has 0 saturated heterocycles. The molecule has 0 radical (unpaired) electrons. The topological polar surface area (TPSA) is 92.8 Å². The molecule has 1 fully saturated rings. The number of hydrogen-bond donors (Lipinski definition) is 1. The van der Waals surface area contributed by atoms with Crippen LogP contribution in [0.5, 0.6) is 0 Å². The molecule has 8 nitrogen and oxygen atoms in total. The molecule has 0 bridgehead atoms. The largest absolute Gasteiger partial charge is 0.468 e. The van der Waals surface area contributed by atoms with E-state index in [1.54, 1.807) is 6.26 Å². The molecule has 1 atom stereocenters. The van der Waals surface area contributed by atoms with Gasteiger partial charge in [-0.25, -0.2) is 4.68 Å². The molecular weight excluding hydrogens is 428 g/mol. The van der Waals surface area contributed by atoms with Gasteiger partial charge < -0.3 is 9.40 Å². The summed E-state index contributed by atoms with van der Waals surface area (Å²) in [6, 6.07) is 12.3. The van der Waals surface area contributed by atoms with Crippen molar-refractivity contribution in [1.29, 1.82) is 0 Å². The van der Waals surface area contributed by atoms with Gasteiger partial charge in [0.05, 0.1) is 30.4 Å². The summed E-state index contributed by atoms with van der Waals surface area (Å²) < 4.78 is 7.75. The van der Waals surface area contributed by atoms with Crippen LogP contribution < -0.4 is 5.56 Å². The molecule has 1 aliphatic carbocycles. The fourth-order valence-corrected chi connectivity index (χ4v) is 5.22. The van der Waals surface area contributed by atoms with Crippen LogP contribution in [0.3, 0.4) is 0 Å². The Balaban J connectivity index is 1.54. The number of rotatable bonds is 9. The van der Waals surface area contributed by atoms with E-state index < -0.39 is 0 Å². The quantitative estimate of drug-likeness (QED) is 0.375. The molecule has 8 heteroatoms. The van der Waals surface area contributed by atoms with Crippen molar-refractivity contribution in [2.24, 2.45) is 0 Å². The summed E-state index contributed by atoms with van der Waals surface area (Å²) in [4.78, 5) is 18.5. The van der Waals surface area contributed by atoms with Gasteiger partial charge >= 0.3 is 0 Å². The van der Waals surface area contributed by atoms with Crippen molar-refractivity contribution in [3.05, 3.63) is 75.7 Å². The first kappa shape index (κ1) is 22.5. The van der Waals surface area contributed by atoms with Crippen molar-refractivity contribution >= 4 is 10.9 Å². The predicted molar refractivity (Wildman–Crippen MR) is 130 cm³/mol. The number of aryl methyl sites for hydroxylation is 1. The summed E-state index contributed by atoms with van der Waals surface area (Å²) in [5, 5.41) is 14.0. The fraction of sp³-hybridized carbons (Fsp3) is 0.462. The van der Waals surface area contributed by atoms with E-state index in [9.17, 15) is 4.79 Å². The molecule has 1 saturated carbocycles. The molecule has 0 amide bonds. The highest BCUT2D eigenvalue weighted by Gasteiger charge is 2.30. The zero-order valence-corrected chi connectivity index (χ0v) is 19.9. The van der Waals surface area contributed by atoms with Gasteiger partial charge in [0.2, 0.25) is 0 Å². The van der Waals surface area contributed by atoms with Crippen molar-refractivity contribution < 1.29 is 4.42 Å². The van der Waals surface area contributed by atoms with E-state index in [4.69, 9.17) is 4.42 Å². The molecule has 3 heterocycles. The van der Waals surface area contributed by atoms with Gasteiger partial charge in [0.25, 0.3) is 5.56 Å². The number of furan rings is 1. The maximum atomic E-state index is 13.1. The first-order valence-electron chi connectivity index (χ1n) is 12.3. The lowest BCUT2D eigenvalue weighted by molar-refractivity contribution is 0.142. The molecule has 34 heavy (non-hydrogen) atoms. The van der Waals surface area contributed by atoms with Crippen LogP contribution in [0.15, 0.2) is 51.9 Å². The molecule has 1 aromatic carbocycles. The molecule has 1 N–H and O–H groups in total. The smallest absolute Gasteiger partial charge is 0.252 e. The second kappa shape index (κ2) is 9.93. The Morgan fingerprint density at radius 1 is 1.21 bits per heavy atom. The van der Waals surface area contributed by atoms with Crippen LogP contribution >= 0.6 is 0 Å². The summed E-state index contributed by atoms with van der Waals surface area (Å²) in [6.07, 6.45) is 8.20. The summed E-state index contributed by atoms with van der Waals surface area (Å²) in [6.45, 7) is 5.23. The van der Waals surface area contributed by atoms with E-state index in [0.29, 0.717) is 19.1 Å². The number of benzene rings is 1. The Morgan fingerprint density at radius 3 is 2.82 bits per heavy atom. The molecule has 4 aromatic rings. The minimum atomic E-state index is -0.0584. The maximum absolute atomic E-state index is 13.1. The van der Waals surface area contributed by atoms with Crippen molar-refractivity contribution in [2.75, 3.05) is 0 Å². The zero-order chi connectivity index (χ0) is 23.5. The van der Waals surface area contributed by atoms with Crippen LogP contribution in [0, 0.1) is 6.92 Å². The molecule has 1 aliphatic rings. The highest BCUT2D eigenvalue weighted by atomic mass is 16.3. The number of nitrogens with one attached hydrogen (secondary N) is 1. The number of tetrazole rings is 1. The highest BCUT2D eigenvalue weighted by Crippen LogP contribution is 2.34. The number of H-pyrrole nitrogens is 1. The normalized spacial score (nSPS) is 15.5. The standard InChI is InChI=1S/C26H32N6O2/c1-3-8-23(25-28-29-30-32(25)21-11-4-5-12-21)31(17-22-13-7-14-34-22)16-20-15-19-10-6-9-18(2)24(19)27-26(20)33/h6-7,9-10,13-15,21,23H,3-5,8,11-12,16-17H2,1-2H3,(H,27,33)/t23-/m1/s1. The number of nitrogens with zero attached hydrogens (tertiary/aromatic N) is 5. The number of hydrogen-bond acceptors (Lipinski definition) is 6. The third kappa shape index (κ3) is 4.55. The van der Waals surface area contributed by atoms with Crippen LogP contribution in [0.1, 0.15) is 80.2 Å². The molecule has 0 aliphatic heterocycles. The van der Waals surface area contributed by atoms with Gasteiger partial charge in [-0.15, -0.1) is 5.10 Å². The lowest BCUT2D eigenvalue weighted by atomic mass is 10.1. The van der Waals surface area contributed by atoms with E-state index in [1.807, 2.05) is 48.0 Å². The third-order valence-corrected chi connectivity index (χ3v) is 6.97. The van der Waals surface area contributed by atoms with Crippen LogP contribution in [0.2, 0.25) is 0 Å². The Kier molecular flexibility index (Phi) is 6.58. The fourth-order valence-electron chi connectivity index (χ4n) is 5.22. The predicted octanol–water partition coefficient (Wildman–Crippen LogP) is 5.07. The van der Waals surface area contributed by atoms with Crippen molar-refractivity contribution in [2.45, 2.75) is 77.5 Å². The van der Waals surface area contributed by atoms with Crippen LogP contribution in [-0.2, 0) is 13.1 Å². The number of fused-ring (bicyclic) bond motifs is 1. The van der Waals surface area contributed by atoms with E-state index in [2.05, 4.69) is 32.3 Å². The Hall–Kier alpha value is -3.26. The van der Waals surface area contributed by atoms with Crippen molar-refractivity contribution in [1.82, 2.24) is 30.1 Å². The molecule has 178 valence electrons. The number of pyridine rings is 1. The monoisotopic (exact) mass is 460 g/mol. The minimum Gasteiger partial charge on any atom is -0.468 e. The van der Waals surface area contributed by atoms with Gasteiger partial charge in [0.1, 0.15) is 5.76 Å². The van der Waals surface area contributed by atoms with Gasteiger partial charge in [-0.05, 0) is 65.8 Å². The van der Waals surface area contributed by atoms with Crippen LogP contribution in [-0.4, -0.2) is 30.1 Å². The van der Waals surface area contributed by atoms with Gasteiger partial charge in [-0.3, -0.25) is 9.69 Å². The third-order valence-electron chi connectivity index (χ3n) is 6.97. The van der Waals surface area contributed by atoms with E-state index in [0.717, 1.165) is 59.3 Å². The number of aromatic nitrogens is 5. The molecular formula is C26H32N6O2. The second-order valence-corrected chi connectivity index (χ2v) is 9.37. The van der Waals surface area contributed by atoms with Gasteiger partial charge in [0, 0.05) is 12.1 Å². The van der Waals surface area contributed by atoms with Gasteiger partial charge in [-0.2, -0.15) is 0 Å². The van der Waals surface area contributed by atoms with Gasteiger partial charge in [0.15, 0.2) is 5.82 Å². The first-order chi connectivity index (χ1) is 16.6. The van der Waals surface area contributed by atoms with Gasteiger partial charge in [-0.1, -0.05) is 44.4 Å². The zero-order valence-electron chi connectivity index (χ0n) is 19.9. The average Bonchev–Trinajstić information content (AvgIpc) is 3.60. The van der Waals surface area contributed by atoms with Crippen LogP contribution in [0.4, 0.5) is 0 Å². The number of aromatic amines is 1. The van der Waals surface area contributed by atoms with Crippen molar-refractivity contribution in [3.8, 4) is 0 Å². The second-order valence-electron chi connectivity index (χ2n) is 9.37. The average molecular weight is 461 g/mol. The summed E-state index contributed by atoms with van der Waals surface area (Å²) in [7, 11) is 0. The maximum Gasteiger partial charge on any atom is 0.252 e. The number of para-hydroxylation sites is 1. The Bertz CT molecular complexity index is 1290. The summed E-state index contributed by atoms with van der Waals surface area (Å²) >= 11 is 0. The van der Waals surface area contributed by atoms with E-state index >= 15 is 0 Å². The van der Waals surface area contributed by atoms with E-state index in [-0.39, 0.29) is 11.6 Å². The van der Waals surface area contributed by atoms with Crippen molar-refractivity contribution in [3.63, 3.8) is 0 Å². The first-order valence-corrected chi connectivity index (χ1v) is 12.3. The highest BCUT2D eigenvalue weighted by molar-refractivity contribution is 5.81. The van der Waals surface area contributed by atoms with Crippen LogP contribution in [0.25, 0.3) is 10.9 Å². The Labute approximate surface area is 199 Å². The molecule has 0 spiro atoms. The lowest BCUT2D eigenvalue weighted by Crippen LogP contribution is -2.33. The van der Waals surface area contributed by atoms with E-state index in [1.165, 1.54) is 12.8 Å². The summed E-state index contributed by atoms with van der Waals surface area (Å²) in [5.74, 6) is 1.74. The molecule has 3 aromatic heterocycles.